The van der Waals surface area contributed by atoms with Crippen LogP contribution >= 0.6 is 0 Å². The van der Waals surface area contributed by atoms with Crippen molar-refractivity contribution in [2.45, 2.75) is 26.2 Å². The molecule has 0 fully saturated rings. The average molecular weight is 389 g/mol. The van der Waals surface area contributed by atoms with Gasteiger partial charge >= 0.3 is 0 Å². The second-order valence-electron chi connectivity index (χ2n) is 7.15. The van der Waals surface area contributed by atoms with Crippen molar-refractivity contribution < 1.29 is 9.53 Å². The Balaban J connectivity index is 1.54. The smallest absolute Gasteiger partial charge is 0.269 e. The van der Waals surface area contributed by atoms with Crippen molar-refractivity contribution >= 4 is 17.3 Å². The van der Waals surface area contributed by atoms with Crippen LogP contribution < -0.4 is 15.4 Å². The molecule has 29 heavy (non-hydrogen) atoms. The van der Waals surface area contributed by atoms with Crippen LogP contribution in [-0.2, 0) is 6.42 Å². The number of aromatic nitrogens is 1. The SMILES string of the molecule is COc1ccc(CCNC(=O)c2ccc(Nc3ccccc3C(C)C)cn2)cc1. The number of benzene rings is 2. The van der Waals surface area contributed by atoms with Crippen LogP contribution in [0.5, 0.6) is 5.75 Å². The molecule has 2 aromatic carbocycles. The number of ether oxygens (including phenoxy) is 1. The summed E-state index contributed by atoms with van der Waals surface area (Å²) in [4.78, 5) is 16.6. The van der Waals surface area contributed by atoms with E-state index in [2.05, 4.69) is 41.6 Å². The maximum Gasteiger partial charge on any atom is 0.269 e. The number of carbonyl (C=O) groups is 1. The third-order valence-corrected chi connectivity index (χ3v) is 4.72. The molecule has 0 saturated carbocycles. The molecule has 0 atom stereocenters. The number of pyridine rings is 1. The van der Waals surface area contributed by atoms with Gasteiger partial charge in [0.15, 0.2) is 0 Å². The summed E-state index contributed by atoms with van der Waals surface area (Å²) in [6, 6.07) is 19.7. The van der Waals surface area contributed by atoms with Gasteiger partial charge in [-0.25, -0.2) is 4.98 Å². The molecule has 1 aromatic heterocycles. The maximum atomic E-state index is 12.3. The van der Waals surface area contributed by atoms with Crippen molar-refractivity contribution in [3.63, 3.8) is 0 Å². The molecule has 0 aliphatic carbocycles. The summed E-state index contributed by atoms with van der Waals surface area (Å²) in [5, 5.41) is 6.31. The fraction of sp³-hybridized carbons (Fsp3) is 0.250. The molecule has 0 aliphatic rings. The van der Waals surface area contributed by atoms with Gasteiger partial charge in [0.2, 0.25) is 0 Å². The first-order valence-corrected chi connectivity index (χ1v) is 9.80. The minimum atomic E-state index is -0.173. The topological polar surface area (TPSA) is 63.2 Å². The molecule has 0 saturated heterocycles. The molecule has 3 aromatic rings. The lowest BCUT2D eigenvalue weighted by Crippen LogP contribution is -2.26. The van der Waals surface area contributed by atoms with Gasteiger partial charge in [-0.2, -0.15) is 0 Å². The van der Waals surface area contributed by atoms with Crippen LogP contribution in [0.4, 0.5) is 11.4 Å². The minimum absolute atomic E-state index is 0.173. The van der Waals surface area contributed by atoms with Crippen LogP contribution in [0.1, 0.15) is 41.4 Å². The number of methoxy groups -OCH3 is 1. The van der Waals surface area contributed by atoms with Crippen molar-refractivity contribution in [1.82, 2.24) is 10.3 Å². The average Bonchev–Trinajstić information content (AvgIpc) is 2.75. The van der Waals surface area contributed by atoms with Gasteiger partial charge in [-0.3, -0.25) is 4.79 Å². The number of nitrogens with zero attached hydrogens (tertiary/aromatic N) is 1. The van der Waals surface area contributed by atoms with Crippen LogP contribution in [-0.4, -0.2) is 24.5 Å². The second kappa shape index (κ2) is 9.73. The molecule has 3 rings (SSSR count). The number of anilines is 2. The van der Waals surface area contributed by atoms with E-state index in [9.17, 15) is 4.79 Å². The molecule has 0 unspecified atom stereocenters. The van der Waals surface area contributed by atoms with Crippen LogP contribution in [0.3, 0.4) is 0 Å². The van der Waals surface area contributed by atoms with E-state index in [1.54, 1.807) is 19.4 Å². The quantitative estimate of drug-likeness (QED) is 0.573. The first-order valence-electron chi connectivity index (χ1n) is 9.80. The highest BCUT2D eigenvalue weighted by molar-refractivity contribution is 5.92. The van der Waals surface area contributed by atoms with Crippen LogP contribution in [0.2, 0.25) is 0 Å². The Kier molecular flexibility index (Phi) is 6.85. The predicted molar refractivity (Wildman–Crippen MR) is 117 cm³/mol. The van der Waals surface area contributed by atoms with Gasteiger partial charge in [-0.05, 0) is 53.8 Å². The van der Waals surface area contributed by atoms with E-state index in [4.69, 9.17) is 4.74 Å². The number of hydrogen-bond donors (Lipinski definition) is 2. The van der Waals surface area contributed by atoms with E-state index < -0.39 is 0 Å². The van der Waals surface area contributed by atoms with Crippen LogP contribution in [0.25, 0.3) is 0 Å². The molecule has 5 heteroatoms. The Morgan fingerprint density at radius 1 is 1.03 bits per heavy atom. The van der Waals surface area contributed by atoms with Gasteiger partial charge in [-0.1, -0.05) is 44.2 Å². The zero-order valence-corrected chi connectivity index (χ0v) is 17.1. The summed E-state index contributed by atoms with van der Waals surface area (Å²) >= 11 is 0. The Labute approximate surface area is 172 Å². The van der Waals surface area contributed by atoms with E-state index in [0.717, 1.165) is 29.1 Å². The van der Waals surface area contributed by atoms with Crippen LogP contribution in [0.15, 0.2) is 66.9 Å². The Hall–Kier alpha value is -3.34. The molecule has 2 N–H and O–H groups in total. The number of amides is 1. The molecule has 150 valence electrons. The number of rotatable bonds is 8. The van der Waals surface area contributed by atoms with Gasteiger partial charge in [0.1, 0.15) is 11.4 Å². The normalized spacial score (nSPS) is 10.6. The molecule has 0 aliphatic heterocycles. The standard InChI is InChI=1S/C24H27N3O2/c1-17(2)21-6-4-5-7-22(21)27-19-10-13-23(26-16-19)24(28)25-15-14-18-8-11-20(29-3)12-9-18/h4-13,16-17,27H,14-15H2,1-3H3,(H,25,28). The lowest BCUT2D eigenvalue weighted by molar-refractivity contribution is 0.0949. The lowest BCUT2D eigenvalue weighted by Gasteiger charge is -2.14. The molecule has 0 bridgehead atoms. The molecule has 1 heterocycles. The number of carbonyl (C=O) groups excluding carboxylic acids is 1. The number of nitrogens with one attached hydrogen (secondary N) is 2. The summed E-state index contributed by atoms with van der Waals surface area (Å²) in [6.45, 7) is 4.88. The van der Waals surface area contributed by atoms with Gasteiger partial charge in [0.25, 0.3) is 5.91 Å². The zero-order valence-electron chi connectivity index (χ0n) is 17.1. The maximum absolute atomic E-state index is 12.3. The van der Waals surface area contributed by atoms with Gasteiger partial charge < -0.3 is 15.4 Å². The summed E-state index contributed by atoms with van der Waals surface area (Å²) < 4.78 is 5.15. The molecule has 5 nitrogen and oxygen atoms in total. The largest absolute Gasteiger partial charge is 0.497 e. The van der Waals surface area contributed by atoms with E-state index >= 15 is 0 Å². The predicted octanol–water partition coefficient (Wildman–Crippen LogP) is 4.93. The van der Waals surface area contributed by atoms with Crippen molar-refractivity contribution in [2.75, 3.05) is 19.0 Å². The highest BCUT2D eigenvalue weighted by atomic mass is 16.5. The number of hydrogen-bond acceptors (Lipinski definition) is 4. The Morgan fingerprint density at radius 2 is 1.79 bits per heavy atom. The highest BCUT2D eigenvalue weighted by Gasteiger charge is 2.09. The van der Waals surface area contributed by atoms with Crippen molar-refractivity contribution in [2.24, 2.45) is 0 Å². The lowest BCUT2D eigenvalue weighted by atomic mass is 10.0. The molecule has 0 spiro atoms. The van der Waals surface area contributed by atoms with Gasteiger partial charge in [-0.15, -0.1) is 0 Å². The fourth-order valence-corrected chi connectivity index (χ4v) is 3.08. The van der Waals surface area contributed by atoms with E-state index in [1.165, 1.54) is 5.56 Å². The zero-order chi connectivity index (χ0) is 20.6. The Bertz CT molecular complexity index is 935. The third kappa shape index (κ3) is 5.57. The Morgan fingerprint density at radius 3 is 2.45 bits per heavy atom. The summed E-state index contributed by atoms with van der Waals surface area (Å²) in [6.07, 6.45) is 2.44. The fourth-order valence-electron chi connectivity index (χ4n) is 3.08. The molecular formula is C24H27N3O2. The van der Waals surface area contributed by atoms with Gasteiger partial charge in [0, 0.05) is 12.2 Å². The molecular weight excluding hydrogens is 362 g/mol. The first kappa shape index (κ1) is 20.4. The molecule has 1 amide bonds. The third-order valence-electron chi connectivity index (χ3n) is 4.72. The van der Waals surface area contributed by atoms with Gasteiger partial charge in [0.05, 0.1) is 19.0 Å². The second-order valence-corrected chi connectivity index (χ2v) is 7.15. The minimum Gasteiger partial charge on any atom is -0.497 e. The van der Waals surface area contributed by atoms with E-state index in [-0.39, 0.29) is 5.91 Å². The van der Waals surface area contributed by atoms with E-state index in [0.29, 0.717) is 18.2 Å². The van der Waals surface area contributed by atoms with Crippen molar-refractivity contribution in [1.29, 1.82) is 0 Å². The van der Waals surface area contributed by atoms with E-state index in [1.807, 2.05) is 42.5 Å². The van der Waals surface area contributed by atoms with Crippen molar-refractivity contribution in [3.05, 3.63) is 83.7 Å². The number of para-hydroxylation sites is 1. The van der Waals surface area contributed by atoms with Crippen LogP contribution in [0, 0.1) is 0 Å². The summed E-state index contributed by atoms with van der Waals surface area (Å²) in [7, 11) is 1.64. The monoisotopic (exact) mass is 389 g/mol. The summed E-state index contributed by atoms with van der Waals surface area (Å²) in [5.41, 5.74) is 4.70. The first-order chi connectivity index (χ1) is 14.1. The molecule has 0 radical (unpaired) electrons. The summed E-state index contributed by atoms with van der Waals surface area (Å²) in [5.74, 6) is 1.07. The highest BCUT2D eigenvalue weighted by Crippen LogP contribution is 2.26. The van der Waals surface area contributed by atoms with Crippen molar-refractivity contribution in [3.8, 4) is 5.75 Å².